The largest absolute Gasteiger partial charge is 0.367 e. The van der Waals surface area contributed by atoms with Gasteiger partial charge in [-0.25, -0.2) is 0 Å². The molecule has 1 aliphatic carbocycles. The topological polar surface area (TPSA) is 36.1 Å². The minimum Gasteiger partial charge on any atom is -0.367 e. The van der Waals surface area contributed by atoms with Gasteiger partial charge in [-0.05, 0) is 57.1 Å². The fourth-order valence-corrected chi connectivity index (χ4v) is 2.70. The Labute approximate surface area is 116 Å². The SMILES string of the molecule is C=CC1=C(C)N/C(=C(\C)C2CC=CCCC2)NCN1. The van der Waals surface area contributed by atoms with Crippen LogP contribution in [0.5, 0.6) is 0 Å². The molecule has 0 aromatic carbocycles. The fourth-order valence-electron chi connectivity index (χ4n) is 2.70. The van der Waals surface area contributed by atoms with Crippen LogP contribution in [0.2, 0.25) is 0 Å². The summed E-state index contributed by atoms with van der Waals surface area (Å²) >= 11 is 0. The van der Waals surface area contributed by atoms with Crippen molar-refractivity contribution in [3.63, 3.8) is 0 Å². The Morgan fingerprint density at radius 3 is 3.00 bits per heavy atom. The van der Waals surface area contributed by atoms with E-state index < -0.39 is 0 Å². The van der Waals surface area contributed by atoms with Gasteiger partial charge in [0.25, 0.3) is 0 Å². The molecule has 1 aliphatic heterocycles. The van der Waals surface area contributed by atoms with Crippen LogP contribution >= 0.6 is 0 Å². The Morgan fingerprint density at radius 2 is 2.21 bits per heavy atom. The zero-order valence-corrected chi connectivity index (χ0v) is 12.1. The van der Waals surface area contributed by atoms with E-state index in [1.54, 1.807) is 0 Å². The third-order valence-electron chi connectivity index (χ3n) is 3.98. The third-order valence-corrected chi connectivity index (χ3v) is 3.98. The first-order valence-corrected chi connectivity index (χ1v) is 7.16. The van der Waals surface area contributed by atoms with Crippen LogP contribution < -0.4 is 16.0 Å². The summed E-state index contributed by atoms with van der Waals surface area (Å²) in [4.78, 5) is 0. The minimum atomic E-state index is 0.645. The van der Waals surface area contributed by atoms with Crippen molar-refractivity contribution >= 4 is 0 Å². The number of hydrogen-bond acceptors (Lipinski definition) is 3. The third kappa shape index (κ3) is 3.43. The second kappa shape index (κ2) is 6.50. The van der Waals surface area contributed by atoms with E-state index in [1.165, 1.54) is 24.8 Å². The molecule has 0 amide bonds. The summed E-state index contributed by atoms with van der Waals surface area (Å²) in [5.41, 5.74) is 3.62. The second-order valence-electron chi connectivity index (χ2n) is 5.29. The highest BCUT2D eigenvalue weighted by molar-refractivity contribution is 5.27. The van der Waals surface area contributed by atoms with Crippen molar-refractivity contribution in [3.05, 3.63) is 47.6 Å². The molecule has 1 atom stereocenters. The molecular formula is C16H25N3. The molecule has 0 aromatic rings. The Balaban J connectivity index is 2.18. The van der Waals surface area contributed by atoms with E-state index in [4.69, 9.17) is 0 Å². The van der Waals surface area contributed by atoms with Crippen LogP contribution in [0.1, 0.15) is 39.5 Å². The fraction of sp³-hybridized carbons (Fsp3) is 0.500. The molecule has 3 heteroatoms. The molecule has 0 fully saturated rings. The number of rotatable bonds is 2. The smallest absolute Gasteiger partial charge is 0.103 e. The lowest BCUT2D eigenvalue weighted by molar-refractivity contribution is 0.539. The summed E-state index contributed by atoms with van der Waals surface area (Å²) in [5.74, 6) is 1.80. The Bertz CT molecular complexity index is 429. The summed E-state index contributed by atoms with van der Waals surface area (Å²) in [6, 6.07) is 0. The molecule has 3 nitrogen and oxygen atoms in total. The van der Waals surface area contributed by atoms with Gasteiger partial charge >= 0.3 is 0 Å². The van der Waals surface area contributed by atoms with E-state index >= 15 is 0 Å². The van der Waals surface area contributed by atoms with Gasteiger partial charge in [-0.15, -0.1) is 0 Å². The van der Waals surface area contributed by atoms with Gasteiger partial charge in [-0.1, -0.05) is 18.7 Å². The minimum absolute atomic E-state index is 0.645. The molecule has 0 spiro atoms. The molecular weight excluding hydrogens is 234 g/mol. The molecule has 1 heterocycles. The van der Waals surface area contributed by atoms with E-state index in [2.05, 4.69) is 48.5 Å². The van der Waals surface area contributed by atoms with Crippen LogP contribution in [-0.2, 0) is 0 Å². The summed E-state index contributed by atoms with van der Waals surface area (Å²) in [5, 5.41) is 10.2. The van der Waals surface area contributed by atoms with Gasteiger partial charge in [0, 0.05) is 5.70 Å². The molecule has 0 saturated carbocycles. The van der Waals surface area contributed by atoms with Gasteiger partial charge in [0.1, 0.15) is 5.82 Å². The predicted octanol–water partition coefficient (Wildman–Crippen LogP) is 3.12. The molecule has 0 saturated heterocycles. The van der Waals surface area contributed by atoms with Gasteiger partial charge in [-0.3, -0.25) is 0 Å². The number of nitrogens with one attached hydrogen (secondary N) is 3. The van der Waals surface area contributed by atoms with Crippen molar-refractivity contribution in [2.75, 3.05) is 6.67 Å². The summed E-state index contributed by atoms with van der Waals surface area (Å²) in [7, 11) is 0. The maximum Gasteiger partial charge on any atom is 0.103 e. The lowest BCUT2D eigenvalue weighted by Crippen LogP contribution is -2.30. The Morgan fingerprint density at radius 1 is 1.37 bits per heavy atom. The lowest BCUT2D eigenvalue weighted by Gasteiger charge is -2.20. The summed E-state index contributed by atoms with van der Waals surface area (Å²) < 4.78 is 0. The quantitative estimate of drug-likeness (QED) is 0.667. The molecule has 2 aliphatic rings. The van der Waals surface area contributed by atoms with Gasteiger partial charge in [0.2, 0.25) is 0 Å². The summed E-state index contributed by atoms with van der Waals surface area (Å²) in [6.07, 6.45) is 11.4. The number of hydrogen-bond donors (Lipinski definition) is 3. The molecule has 104 valence electrons. The molecule has 0 radical (unpaired) electrons. The van der Waals surface area contributed by atoms with Gasteiger partial charge in [0.05, 0.1) is 12.4 Å². The van der Waals surface area contributed by atoms with Crippen molar-refractivity contribution in [1.29, 1.82) is 0 Å². The van der Waals surface area contributed by atoms with Gasteiger partial charge in [0.15, 0.2) is 0 Å². The van der Waals surface area contributed by atoms with Crippen molar-refractivity contribution < 1.29 is 0 Å². The average molecular weight is 259 g/mol. The Hall–Kier alpha value is -1.64. The van der Waals surface area contributed by atoms with Crippen molar-refractivity contribution in [2.45, 2.75) is 39.5 Å². The van der Waals surface area contributed by atoms with E-state index in [1.807, 2.05) is 6.08 Å². The summed E-state index contributed by atoms with van der Waals surface area (Å²) in [6.45, 7) is 8.89. The van der Waals surface area contributed by atoms with Crippen molar-refractivity contribution in [1.82, 2.24) is 16.0 Å². The first-order chi connectivity index (χ1) is 9.22. The van der Waals surface area contributed by atoms with Crippen LogP contribution in [0.3, 0.4) is 0 Å². The monoisotopic (exact) mass is 259 g/mol. The van der Waals surface area contributed by atoms with E-state index in [9.17, 15) is 0 Å². The average Bonchev–Trinajstić information content (AvgIpc) is 2.78. The molecule has 3 N–H and O–H groups in total. The predicted molar refractivity (Wildman–Crippen MR) is 81.0 cm³/mol. The second-order valence-corrected chi connectivity index (χ2v) is 5.29. The molecule has 1 unspecified atom stereocenters. The zero-order valence-electron chi connectivity index (χ0n) is 12.1. The normalized spacial score (nSPS) is 26.5. The number of allylic oxidation sites excluding steroid dienone is 5. The standard InChI is InChI=1S/C16H25N3/c1-4-15-13(3)19-16(18-11-17-15)12(2)14-9-7-5-6-8-10-14/h4-5,7,14,17-19H,1,6,8-11H2,2-3H3/b16-12+. The van der Waals surface area contributed by atoms with Crippen LogP contribution in [0.4, 0.5) is 0 Å². The Kier molecular flexibility index (Phi) is 4.72. The van der Waals surface area contributed by atoms with Crippen LogP contribution in [0.15, 0.2) is 47.6 Å². The lowest BCUT2D eigenvalue weighted by atomic mass is 9.92. The molecule has 19 heavy (non-hydrogen) atoms. The maximum atomic E-state index is 3.84. The highest BCUT2D eigenvalue weighted by Gasteiger charge is 2.17. The zero-order chi connectivity index (χ0) is 13.7. The van der Waals surface area contributed by atoms with Gasteiger partial charge < -0.3 is 16.0 Å². The van der Waals surface area contributed by atoms with E-state index in [-0.39, 0.29) is 0 Å². The van der Waals surface area contributed by atoms with E-state index in [0.29, 0.717) is 5.92 Å². The van der Waals surface area contributed by atoms with Crippen LogP contribution in [0, 0.1) is 5.92 Å². The highest BCUT2D eigenvalue weighted by atomic mass is 15.2. The van der Waals surface area contributed by atoms with Crippen LogP contribution in [0.25, 0.3) is 0 Å². The van der Waals surface area contributed by atoms with Crippen molar-refractivity contribution in [2.24, 2.45) is 5.92 Å². The first-order valence-electron chi connectivity index (χ1n) is 7.16. The molecule has 0 bridgehead atoms. The maximum absolute atomic E-state index is 3.84. The highest BCUT2D eigenvalue weighted by Crippen LogP contribution is 2.26. The molecule has 0 aromatic heterocycles. The first kappa shape index (κ1) is 13.8. The van der Waals surface area contributed by atoms with Crippen LogP contribution in [-0.4, -0.2) is 6.67 Å². The van der Waals surface area contributed by atoms with Gasteiger partial charge in [-0.2, -0.15) is 0 Å². The van der Waals surface area contributed by atoms with Crippen molar-refractivity contribution in [3.8, 4) is 0 Å². The molecule has 2 rings (SSSR count). The van der Waals surface area contributed by atoms with E-state index in [0.717, 1.165) is 30.3 Å².